The van der Waals surface area contributed by atoms with Crippen molar-refractivity contribution in [1.29, 1.82) is 0 Å². The van der Waals surface area contributed by atoms with E-state index in [9.17, 15) is 0 Å². The highest BCUT2D eigenvalue weighted by Crippen LogP contribution is 2.23. The topological polar surface area (TPSA) is 39.1 Å². The Morgan fingerprint density at radius 1 is 1.71 bits per heavy atom. The number of ether oxygens (including phenoxy) is 1. The van der Waals surface area contributed by atoms with Crippen LogP contribution in [0.25, 0.3) is 0 Å². The molecule has 0 bridgehead atoms. The van der Waals surface area contributed by atoms with Gasteiger partial charge in [0.2, 0.25) is 0 Å². The van der Waals surface area contributed by atoms with Gasteiger partial charge in [-0.05, 0) is 6.92 Å². The molecule has 0 radical (unpaired) electrons. The lowest BCUT2D eigenvalue weighted by Crippen LogP contribution is -2.31. The van der Waals surface area contributed by atoms with Crippen molar-refractivity contribution in [2.24, 2.45) is 7.05 Å². The number of hydrogen-bond acceptors (Lipinski definition) is 3. The molecular weight excluding hydrogens is 178 g/mol. The third-order valence-corrected chi connectivity index (χ3v) is 2.68. The van der Waals surface area contributed by atoms with Crippen LogP contribution >= 0.6 is 0 Å². The van der Waals surface area contributed by atoms with E-state index in [0.29, 0.717) is 5.92 Å². The van der Waals surface area contributed by atoms with Crippen LogP contribution in [0.5, 0.6) is 0 Å². The summed E-state index contributed by atoms with van der Waals surface area (Å²) < 4.78 is 7.45. The lowest BCUT2D eigenvalue weighted by atomic mass is 9.99. The molecule has 2 rings (SSSR count). The first-order chi connectivity index (χ1) is 6.83. The van der Waals surface area contributed by atoms with E-state index in [1.807, 2.05) is 24.9 Å². The quantitative estimate of drug-likeness (QED) is 0.769. The molecule has 0 fully saturated rings. The normalized spacial score (nSPS) is 20.9. The van der Waals surface area contributed by atoms with E-state index in [1.54, 1.807) is 0 Å². The molecule has 0 aliphatic carbocycles. The third-order valence-electron chi connectivity index (χ3n) is 2.68. The highest BCUT2D eigenvalue weighted by molar-refractivity contribution is 5.24. The maximum absolute atomic E-state index is 5.47. The predicted octanol–water partition coefficient (Wildman–Crippen LogP) is 0.643. The molecule has 1 aliphatic rings. The van der Waals surface area contributed by atoms with E-state index in [4.69, 9.17) is 4.74 Å². The minimum absolute atomic E-state index is 0.450. The fourth-order valence-corrected chi connectivity index (χ4v) is 2.03. The average molecular weight is 195 g/mol. The van der Waals surface area contributed by atoms with Gasteiger partial charge in [-0.25, -0.2) is 0 Å². The lowest BCUT2D eigenvalue weighted by molar-refractivity contribution is 0.127. The number of nitrogens with zero attached hydrogens (tertiary/aromatic N) is 2. The number of aromatic nitrogens is 2. The van der Waals surface area contributed by atoms with E-state index in [2.05, 4.69) is 10.4 Å². The highest BCUT2D eigenvalue weighted by atomic mass is 16.5. The smallest absolute Gasteiger partial charge is 0.0562 e. The molecule has 0 aromatic carbocycles. The summed E-state index contributed by atoms with van der Waals surface area (Å²) in [5, 5.41) is 7.66. The highest BCUT2D eigenvalue weighted by Gasteiger charge is 2.23. The molecule has 2 heterocycles. The molecule has 1 atom stereocenters. The number of aryl methyl sites for hydroxylation is 1. The van der Waals surface area contributed by atoms with Gasteiger partial charge in [-0.15, -0.1) is 0 Å². The Labute approximate surface area is 84.3 Å². The Morgan fingerprint density at radius 3 is 3.36 bits per heavy atom. The number of fused-ring (bicyclic) bond motifs is 1. The monoisotopic (exact) mass is 195 g/mol. The first-order valence-corrected chi connectivity index (χ1v) is 5.12. The van der Waals surface area contributed by atoms with Gasteiger partial charge in [-0.1, -0.05) is 0 Å². The molecule has 1 aromatic heterocycles. The maximum atomic E-state index is 5.47. The average Bonchev–Trinajstić information content (AvgIpc) is 2.58. The Kier molecular flexibility index (Phi) is 2.84. The summed E-state index contributed by atoms with van der Waals surface area (Å²) in [7, 11) is 2.00. The molecule has 0 saturated carbocycles. The molecule has 78 valence electrons. The van der Waals surface area contributed by atoms with Crippen LogP contribution in [0, 0.1) is 0 Å². The Balaban J connectivity index is 2.16. The van der Waals surface area contributed by atoms with Gasteiger partial charge in [0.05, 0.1) is 12.8 Å². The minimum Gasteiger partial charge on any atom is -0.381 e. The van der Waals surface area contributed by atoms with Gasteiger partial charge < -0.3 is 10.1 Å². The molecule has 0 amide bonds. The molecule has 1 N–H and O–H groups in total. The Bertz CT molecular complexity index is 308. The largest absolute Gasteiger partial charge is 0.381 e. The van der Waals surface area contributed by atoms with Crippen molar-refractivity contribution in [3.05, 3.63) is 17.5 Å². The third kappa shape index (κ3) is 1.67. The summed E-state index contributed by atoms with van der Waals surface area (Å²) in [6.07, 6.45) is 1.94. The van der Waals surface area contributed by atoms with E-state index < -0.39 is 0 Å². The zero-order valence-electron chi connectivity index (χ0n) is 8.79. The fraction of sp³-hybridized carbons (Fsp3) is 0.700. The van der Waals surface area contributed by atoms with Gasteiger partial charge in [0, 0.05) is 43.9 Å². The predicted molar refractivity (Wildman–Crippen MR) is 54.1 cm³/mol. The van der Waals surface area contributed by atoms with Gasteiger partial charge in [-0.2, -0.15) is 5.10 Å². The molecule has 0 spiro atoms. The van der Waals surface area contributed by atoms with E-state index in [0.717, 1.165) is 26.3 Å². The summed E-state index contributed by atoms with van der Waals surface area (Å²) in [5.41, 5.74) is 2.64. The Morgan fingerprint density at radius 2 is 2.57 bits per heavy atom. The number of rotatable bonds is 3. The summed E-state index contributed by atoms with van der Waals surface area (Å²) in [4.78, 5) is 0. The van der Waals surface area contributed by atoms with Crippen LogP contribution in [0.15, 0.2) is 6.20 Å². The summed E-state index contributed by atoms with van der Waals surface area (Å²) in [6.45, 7) is 5.53. The van der Waals surface area contributed by atoms with Crippen molar-refractivity contribution in [3.8, 4) is 0 Å². The second-order valence-electron chi connectivity index (χ2n) is 3.67. The van der Waals surface area contributed by atoms with Crippen molar-refractivity contribution in [2.75, 3.05) is 19.8 Å². The van der Waals surface area contributed by atoms with Crippen molar-refractivity contribution < 1.29 is 4.74 Å². The zero-order valence-corrected chi connectivity index (χ0v) is 8.79. The van der Waals surface area contributed by atoms with Crippen LogP contribution < -0.4 is 5.32 Å². The van der Waals surface area contributed by atoms with Crippen molar-refractivity contribution in [1.82, 2.24) is 15.1 Å². The SMILES string of the molecule is CCOC[C@H]1CNCc2cnn(C)c21. The standard InChI is InChI=1S/C10H17N3O/c1-3-14-7-9-5-11-4-8-6-12-13(2)10(8)9/h6,9,11H,3-5,7H2,1-2H3/t9-/m1/s1. The number of hydrogen-bond donors (Lipinski definition) is 1. The van der Waals surface area contributed by atoms with Gasteiger partial charge in [0.25, 0.3) is 0 Å². The van der Waals surface area contributed by atoms with Gasteiger partial charge >= 0.3 is 0 Å². The number of nitrogens with one attached hydrogen (secondary N) is 1. The zero-order chi connectivity index (χ0) is 9.97. The summed E-state index contributed by atoms with van der Waals surface area (Å²) >= 11 is 0. The van der Waals surface area contributed by atoms with Crippen molar-refractivity contribution in [2.45, 2.75) is 19.4 Å². The molecule has 1 aliphatic heterocycles. The summed E-state index contributed by atoms with van der Waals surface area (Å²) in [5.74, 6) is 0.450. The lowest BCUT2D eigenvalue weighted by Gasteiger charge is -2.24. The van der Waals surface area contributed by atoms with Crippen LogP contribution in [0.3, 0.4) is 0 Å². The fourth-order valence-electron chi connectivity index (χ4n) is 2.03. The van der Waals surface area contributed by atoms with E-state index in [1.165, 1.54) is 11.3 Å². The first-order valence-electron chi connectivity index (χ1n) is 5.12. The molecule has 1 aromatic rings. The van der Waals surface area contributed by atoms with Crippen LogP contribution in [0.4, 0.5) is 0 Å². The molecular formula is C10H17N3O. The summed E-state index contributed by atoms with van der Waals surface area (Å²) in [6, 6.07) is 0. The van der Waals surface area contributed by atoms with Gasteiger partial charge in [0.1, 0.15) is 0 Å². The van der Waals surface area contributed by atoms with Gasteiger partial charge in [0.15, 0.2) is 0 Å². The van der Waals surface area contributed by atoms with Crippen LogP contribution in [-0.2, 0) is 18.3 Å². The second kappa shape index (κ2) is 4.11. The van der Waals surface area contributed by atoms with Gasteiger partial charge in [-0.3, -0.25) is 4.68 Å². The maximum Gasteiger partial charge on any atom is 0.0562 e. The molecule has 0 unspecified atom stereocenters. The van der Waals surface area contributed by atoms with Crippen molar-refractivity contribution >= 4 is 0 Å². The second-order valence-corrected chi connectivity index (χ2v) is 3.67. The van der Waals surface area contributed by atoms with Crippen LogP contribution in [-0.4, -0.2) is 29.5 Å². The first kappa shape index (κ1) is 9.68. The molecule has 4 heteroatoms. The molecule has 14 heavy (non-hydrogen) atoms. The minimum atomic E-state index is 0.450. The van der Waals surface area contributed by atoms with Crippen molar-refractivity contribution in [3.63, 3.8) is 0 Å². The molecule has 0 saturated heterocycles. The van der Waals surface area contributed by atoms with Crippen LogP contribution in [0.1, 0.15) is 24.1 Å². The van der Waals surface area contributed by atoms with E-state index in [-0.39, 0.29) is 0 Å². The van der Waals surface area contributed by atoms with E-state index >= 15 is 0 Å². The van der Waals surface area contributed by atoms with Crippen LogP contribution in [0.2, 0.25) is 0 Å². The molecule has 4 nitrogen and oxygen atoms in total. The Hall–Kier alpha value is -0.870.